The largest absolute Gasteiger partial charge is 0.321 e. The van der Waals surface area contributed by atoms with Crippen molar-refractivity contribution in [3.63, 3.8) is 0 Å². The minimum Gasteiger partial charge on any atom is -0.321 e. The zero-order chi connectivity index (χ0) is 25.4. The quantitative estimate of drug-likeness (QED) is 0.217. The molecule has 3 aromatic carbocycles. The monoisotopic (exact) mass is 519 g/mol. The summed E-state index contributed by atoms with van der Waals surface area (Å²) in [5, 5.41) is 19.5. The fraction of sp³-hybridized carbons (Fsp3) is 0.185. The number of benzene rings is 3. The third-order valence-corrected chi connectivity index (χ3v) is 7.91. The summed E-state index contributed by atoms with van der Waals surface area (Å²) in [6, 6.07) is 17.2. The zero-order valence-corrected chi connectivity index (χ0v) is 20.9. The van der Waals surface area contributed by atoms with Crippen LogP contribution in [0, 0.1) is 16.0 Å². The van der Waals surface area contributed by atoms with Gasteiger partial charge in [0, 0.05) is 28.1 Å². The maximum Gasteiger partial charge on any atom is 0.270 e. The van der Waals surface area contributed by atoms with E-state index in [2.05, 4.69) is 17.6 Å². The van der Waals surface area contributed by atoms with Crippen LogP contribution in [0.2, 0.25) is 5.02 Å². The molecule has 4 aromatic rings. The second kappa shape index (κ2) is 9.72. The first-order valence-electron chi connectivity index (χ1n) is 11.5. The van der Waals surface area contributed by atoms with E-state index in [0.29, 0.717) is 22.2 Å². The van der Waals surface area contributed by atoms with Crippen molar-refractivity contribution in [3.05, 3.63) is 97.4 Å². The Balaban J connectivity index is 1.52. The van der Waals surface area contributed by atoms with Crippen LogP contribution in [0.3, 0.4) is 0 Å². The first-order valence-corrected chi connectivity index (χ1v) is 12.7. The number of anilines is 2. The molecule has 36 heavy (non-hydrogen) atoms. The molecule has 1 aliphatic rings. The molecule has 1 atom stereocenters. The summed E-state index contributed by atoms with van der Waals surface area (Å²) < 4.78 is 0. The molecule has 0 saturated carbocycles. The number of hydrogen-bond acceptors (Lipinski definition) is 5. The molecule has 9 heteroatoms. The van der Waals surface area contributed by atoms with E-state index >= 15 is 0 Å². The number of fused-ring (bicyclic) bond motifs is 2. The van der Waals surface area contributed by atoms with Gasteiger partial charge in [0.1, 0.15) is 5.00 Å². The van der Waals surface area contributed by atoms with Gasteiger partial charge < -0.3 is 10.6 Å². The first kappa shape index (κ1) is 24.0. The average molecular weight is 520 g/mol. The van der Waals surface area contributed by atoms with Crippen LogP contribution in [0.25, 0.3) is 10.8 Å². The van der Waals surface area contributed by atoms with Crippen LogP contribution >= 0.6 is 22.9 Å². The number of amides is 2. The van der Waals surface area contributed by atoms with Crippen molar-refractivity contribution in [2.45, 2.75) is 26.2 Å². The van der Waals surface area contributed by atoms with Gasteiger partial charge in [-0.15, -0.1) is 11.3 Å². The lowest BCUT2D eigenvalue weighted by Gasteiger charge is -2.19. The number of hydrogen-bond donors (Lipinski definition) is 2. The molecule has 0 aliphatic heterocycles. The predicted octanol–water partition coefficient (Wildman–Crippen LogP) is 7.09. The topological polar surface area (TPSA) is 101 Å². The standard InChI is InChI=1S/C27H22ClN3O4S/c1-15-9-11-19-23(13-15)36-27(30-25(32)20-14-17(31(34)35)10-12-21(20)28)24(19)26(33)29-22-8-4-6-16-5-2-3-7-18(16)22/h2-8,10,12,14-15H,9,11,13H2,1H3,(H,29,33)(H,30,32)/t15-/m1/s1. The maximum absolute atomic E-state index is 13.7. The smallest absolute Gasteiger partial charge is 0.270 e. The molecule has 2 amide bonds. The Kier molecular flexibility index (Phi) is 6.47. The molecule has 0 unspecified atom stereocenters. The lowest BCUT2D eigenvalue weighted by Crippen LogP contribution is -2.19. The third kappa shape index (κ3) is 4.57. The molecule has 7 nitrogen and oxygen atoms in total. The van der Waals surface area contributed by atoms with Crippen molar-refractivity contribution < 1.29 is 14.5 Å². The molecule has 1 heterocycles. The molecule has 2 N–H and O–H groups in total. The van der Waals surface area contributed by atoms with Crippen LogP contribution in [0.4, 0.5) is 16.4 Å². The van der Waals surface area contributed by atoms with Gasteiger partial charge in [-0.1, -0.05) is 54.9 Å². The highest BCUT2D eigenvalue weighted by Gasteiger charge is 2.29. The highest BCUT2D eigenvalue weighted by atomic mass is 35.5. The van der Waals surface area contributed by atoms with E-state index in [1.807, 2.05) is 42.5 Å². The molecule has 1 aliphatic carbocycles. The molecule has 0 bridgehead atoms. The van der Waals surface area contributed by atoms with E-state index in [4.69, 9.17) is 11.6 Å². The summed E-state index contributed by atoms with van der Waals surface area (Å²) in [4.78, 5) is 38.5. The molecule has 0 radical (unpaired) electrons. The number of carbonyl (C=O) groups is 2. The lowest BCUT2D eigenvalue weighted by molar-refractivity contribution is -0.384. The van der Waals surface area contributed by atoms with Gasteiger partial charge >= 0.3 is 0 Å². The molecule has 0 saturated heterocycles. The minimum absolute atomic E-state index is 0.0222. The fourth-order valence-electron chi connectivity index (χ4n) is 4.57. The van der Waals surface area contributed by atoms with E-state index in [-0.39, 0.29) is 22.2 Å². The van der Waals surface area contributed by atoms with E-state index in [1.54, 1.807) is 0 Å². The molecule has 1 aromatic heterocycles. The van der Waals surface area contributed by atoms with Gasteiger partial charge in [0.2, 0.25) is 0 Å². The Bertz CT molecular complexity index is 1530. The van der Waals surface area contributed by atoms with Crippen molar-refractivity contribution >= 4 is 61.9 Å². The summed E-state index contributed by atoms with van der Waals surface area (Å²) in [7, 11) is 0. The van der Waals surface area contributed by atoms with E-state index in [0.717, 1.165) is 46.5 Å². The number of non-ortho nitro benzene ring substituents is 1. The summed E-state index contributed by atoms with van der Waals surface area (Å²) in [5.74, 6) is -0.437. The second-order valence-electron chi connectivity index (χ2n) is 8.91. The van der Waals surface area contributed by atoms with Gasteiger partial charge in [-0.25, -0.2) is 0 Å². The van der Waals surface area contributed by atoms with Crippen molar-refractivity contribution in [2.24, 2.45) is 5.92 Å². The van der Waals surface area contributed by atoms with Gasteiger partial charge in [-0.3, -0.25) is 19.7 Å². The molecule has 0 spiro atoms. The zero-order valence-electron chi connectivity index (χ0n) is 19.3. The second-order valence-corrected chi connectivity index (χ2v) is 10.4. The van der Waals surface area contributed by atoms with Crippen LogP contribution < -0.4 is 10.6 Å². The fourth-order valence-corrected chi connectivity index (χ4v) is 6.18. The number of halogens is 1. The van der Waals surface area contributed by atoms with E-state index in [9.17, 15) is 19.7 Å². The van der Waals surface area contributed by atoms with Gasteiger partial charge in [0.05, 0.1) is 21.1 Å². The normalized spacial score (nSPS) is 14.8. The summed E-state index contributed by atoms with van der Waals surface area (Å²) >= 11 is 7.57. The first-order chi connectivity index (χ1) is 17.3. The molecule has 5 rings (SSSR count). The SMILES string of the molecule is C[C@@H]1CCc2c(sc(NC(=O)c3cc([N+](=O)[O-])ccc3Cl)c2C(=O)Nc2cccc3ccccc23)C1. The number of nitrogens with zero attached hydrogens (tertiary/aromatic N) is 1. The number of thiophene rings is 1. The van der Waals surface area contributed by atoms with Crippen LogP contribution in [-0.2, 0) is 12.8 Å². The summed E-state index contributed by atoms with van der Waals surface area (Å²) in [6.07, 6.45) is 2.50. The van der Waals surface area contributed by atoms with Gasteiger partial charge in [0.15, 0.2) is 0 Å². The third-order valence-electron chi connectivity index (χ3n) is 6.41. The predicted molar refractivity (Wildman–Crippen MR) is 143 cm³/mol. The molecule has 182 valence electrons. The van der Waals surface area contributed by atoms with Crippen LogP contribution in [0.5, 0.6) is 0 Å². The summed E-state index contributed by atoms with van der Waals surface area (Å²) in [5.41, 5.74) is 1.80. The van der Waals surface area contributed by atoms with Crippen LogP contribution in [0.1, 0.15) is 44.5 Å². The Morgan fingerprint density at radius 3 is 2.64 bits per heavy atom. The number of nitro groups is 1. The van der Waals surface area contributed by atoms with E-state index in [1.165, 1.54) is 23.5 Å². The van der Waals surface area contributed by atoms with Crippen LogP contribution in [-0.4, -0.2) is 16.7 Å². The van der Waals surface area contributed by atoms with Crippen molar-refractivity contribution in [3.8, 4) is 0 Å². The number of nitro benzene ring substituents is 1. The Labute approximate surface area is 216 Å². The van der Waals surface area contributed by atoms with Gasteiger partial charge in [0.25, 0.3) is 17.5 Å². The molecule has 0 fully saturated rings. The molecular formula is C27H22ClN3O4S. The van der Waals surface area contributed by atoms with Gasteiger partial charge in [-0.2, -0.15) is 0 Å². The highest BCUT2D eigenvalue weighted by molar-refractivity contribution is 7.17. The van der Waals surface area contributed by atoms with Crippen molar-refractivity contribution in [2.75, 3.05) is 10.6 Å². The lowest BCUT2D eigenvalue weighted by atomic mass is 9.88. The highest BCUT2D eigenvalue weighted by Crippen LogP contribution is 2.41. The number of rotatable bonds is 5. The summed E-state index contributed by atoms with van der Waals surface area (Å²) in [6.45, 7) is 2.17. The Morgan fingerprint density at radius 2 is 1.83 bits per heavy atom. The maximum atomic E-state index is 13.7. The Morgan fingerprint density at radius 1 is 1.06 bits per heavy atom. The van der Waals surface area contributed by atoms with E-state index < -0.39 is 10.8 Å². The molecular weight excluding hydrogens is 498 g/mol. The number of carbonyl (C=O) groups excluding carboxylic acids is 2. The van der Waals surface area contributed by atoms with Crippen molar-refractivity contribution in [1.29, 1.82) is 0 Å². The minimum atomic E-state index is -0.602. The van der Waals surface area contributed by atoms with Crippen molar-refractivity contribution in [1.82, 2.24) is 0 Å². The average Bonchev–Trinajstić information content (AvgIpc) is 3.21. The number of nitrogens with one attached hydrogen (secondary N) is 2. The Hall–Kier alpha value is -3.75. The van der Waals surface area contributed by atoms with Gasteiger partial charge in [-0.05, 0) is 48.3 Å². The van der Waals surface area contributed by atoms with Crippen LogP contribution in [0.15, 0.2) is 60.7 Å².